The minimum absolute atomic E-state index is 0.0898. The van der Waals surface area contributed by atoms with E-state index in [0.29, 0.717) is 12.3 Å². The number of carbonyl (C=O) groups is 1. The molecule has 0 aromatic heterocycles. The van der Waals surface area contributed by atoms with Crippen LogP contribution in [0.4, 0.5) is 0 Å². The summed E-state index contributed by atoms with van der Waals surface area (Å²) >= 11 is 0. The lowest BCUT2D eigenvalue weighted by Gasteiger charge is -2.35. The van der Waals surface area contributed by atoms with Crippen molar-refractivity contribution in [3.05, 3.63) is 0 Å². The Bertz CT molecular complexity index is 230. The van der Waals surface area contributed by atoms with Gasteiger partial charge >= 0.3 is 0 Å². The maximum atomic E-state index is 11.8. The molecule has 1 heterocycles. The summed E-state index contributed by atoms with van der Waals surface area (Å²) in [5, 5.41) is 6.43. The highest BCUT2D eigenvalue weighted by Gasteiger charge is 2.29. The first-order valence-corrected chi connectivity index (χ1v) is 6.20. The highest BCUT2D eigenvalue weighted by molar-refractivity contribution is 5.77. The second-order valence-electron chi connectivity index (χ2n) is 5.40. The normalized spacial score (nSPS) is 25.7. The van der Waals surface area contributed by atoms with Gasteiger partial charge in [0.25, 0.3) is 0 Å². The zero-order valence-electron chi connectivity index (χ0n) is 9.64. The number of nitrogens with one attached hydrogen (secondary N) is 2. The molecule has 2 rings (SSSR count). The third-order valence-electron chi connectivity index (χ3n) is 3.74. The lowest BCUT2D eigenvalue weighted by molar-refractivity contribution is -0.124. The van der Waals surface area contributed by atoms with Crippen molar-refractivity contribution in [3.8, 4) is 0 Å². The number of hydrogen-bond donors (Lipinski definition) is 2. The Labute approximate surface area is 92.0 Å². The van der Waals surface area contributed by atoms with Crippen molar-refractivity contribution in [2.75, 3.05) is 13.1 Å². The Morgan fingerprint density at radius 1 is 1.33 bits per heavy atom. The molecule has 0 spiro atoms. The van der Waals surface area contributed by atoms with Crippen molar-refractivity contribution in [2.45, 2.75) is 51.0 Å². The molecule has 0 radical (unpaired) electrons. The van der Waals surface area contributed by atoms with Crippen molar-refractivity contribution in [1.29, 1.82) is 0 Å². The molecule has 1 aliphatic heterocycles. The summed E-state index contributed by atoms with van der Waals surface area (Å²) in [5.41, 5.74) is 0.0898. The average Bonchev–Trinajstić information content (AvgIpc) is 2.12. The molecule has 3 nitrogen and oxygen atoms in total. The van der Waals surface area contributed by atoms with Crippen molar-refractivity contribution in [2.24, 2.45) is 5.92 Å². The molecule has 2 fully saturated rings. The molecule has 0 unspecified atom stereocenters. The summed E-state index contributed by atoms with van der Waals surface area (Å²) in [7, 11) is 0. The molecule has 1 saturated carbocycles. The predicted molar refractivity (Wildman–Crippen MR) is 60.6 cm³/mol. The van der Waals surface area contributed by atoms with Crippen LogP contribution in [0, 0.1) is 5.92 Å². The summed E-state index contributed by atoms with van der Waals surface area (Å²) in [6, 6.07) is 0. The maximum Gasteiger partial charge on any atom is 0.220 e. The molecule has 0 aromatic rings. The maximum absolute atomic E-state index is 11.8. The van der Waals surface area contributed by atoms with Crippen LogP contribution in [0.15, 0.2) is 0 Å². The van der Waals surface area contributed by atoms with E-state index in [-0.39, 0.29) is 11.4 Å². The molecule has 0 aromatic carbocycles. The molecule has 0 atom stereocenters. The number of amides is 1. The van der Waals surface area contributed by atoms with Crippen LogP contribution in [0.1, 0.15) is 45.4 Å². The van der Waals surface area contributed by atoms with Crippen molar-refractivity contribution in [1.82, 2.24) is 10.6 Å². The lowest BCUT2D eigenvalue weighted by Crippen LogP contribution is -2.50. The van der Waals surface area contributed by atoms with Gasteiger partial charge in [0.1, 0.15) is 0 Å². The fourth-order valence-electron chi connectivity index (χ4n) is 2.60. The summed E-state index contributed by atoms with van der Waals surface area (Å²) < 4.78 is 0. The van der Waals surface area contributed by atoms with Gasteiger partial charge in [0.15, 0.2) is 0 Å². The highest BCUT2D eigenvalue weighted by Crippen LogP contribution is 2.27. The Balaban J connectivity index is 1.75. The largest absolute Gasteiger partial charge is 0.351 e. The lowest BCUT2D eigenvalue weighted by atomic mass is 9.83. The second kappa shape index (κ2) is 4.52. The third-order valence-corrected chi connectivity index (χ3v) is 3.74. The summed E-state index contributed by atoms with van der Waals surface area (Å²) in [4.78, 5) is 11.8. The zero-order chi connectivity index (χ0) is 10.7. The fourth-order valence-corrected chi connectivity index (χ4v) is 2.60. The van der Waals surface area contributed by atoms with Gasteiger partial charge in [-0.3, -0.25) is 4.79 Å². The molecule has 2 aliphatic rings. The van der Waals surface area contributed by atoms with E-state index in [0.717, 1.165) is 25.9 Å². The van der Waals surface area contributed by atoms with E-state index in [1.54, 1.807) is 0 Å². The van der Waals surface area contributed by atoms with E-state index >= 15 is 0 Å². The van der Waals surface area contributed by atoms with E-state index in [9.17, 15) is 4.79 Å². The van der Waals surface area contributed by atoms with Crippen molar-refractivity contribution < 1.29 is 4.79 Å². The minimum Gasteiger partial charge on any atom is -0.351 e. The van der Waals surface area contributed by atoms with Gasteiger partial charge in [-0.25, -0.2) is 0 Å². The Hall–Kier alpha value is -0.570. The number of rotatable bonds is 3. The number of hydrogen-bond acceptors (Lipinski definition) is 2. The van der Waals surface area contributed by atoms with Crippen LogP contribution in [-0.4, -0.2) is 24.5 Å². The summed E-state index contributed by atoms with van der Waals surface area (Å²) in [6.07, 6.45) is 6.88. The Morgan fingerprint density at radius 2 is 2.00 bits per heavy atom. The zero-order valence-corrected chi connectivity index (χ0v) is 9.64. The van der Waals surface area contributed by atoms with Crippen LogP contribution in [0.5, 0.6) is 0 Å². The van der Waals surface area contributed by atoms with E-state index in [1.165, 1.54) is 19.3 Å². The van der Waals surface area contributed by atoms with E-state index < -0.39 is 0 Å². The molecule has 3 heteroatoms. The fraction of sp³-hybridized carbons (Fsp3) is 0.917. The molecular formula is C12H22N2O. The van der Waals surface area contributed by atoms with Crippen LogP contribution in [0.25, 0.3) is 0 Å². The first-order chi connectivity index (χ1) is 7.18. The third kappa shape index (κ3) is 2.94. The van der Waals surface area contributed by atoms with Crippen LogP contribution in [0.2, 0.25) is 0 Å². The highest BCUT2D eigenvalue weighted by atomic mass is 16.1. The molecule has 2 N–H and O–H groups in total. The van der Waals surface area contributed by atoms with Gasteiger partial charge in [0.2, 0.25) is 5.91 Å². The van der Waals surface area contributed by atoms with Gasteiger partial charge < -0.3 is 10.6 Å². The molecular weight excluding hydrogens is 188 g/mol. The van der Waals surface area contributed by atoms with E-state index in [4.69, 9.17) is 0 Å². The Kier molecular flexibility index (Phi) is 3.29. The van der Waals surface area contributed by atoms with Gasteiger partial charge in [0.05, 0.1) is 0 Å². The Morgan fingerprint density at radius 3 is 2.53 bits per heavy atom. The van der Waals surface area contributed by atoms with Gasteiger partial charge in [0, 0.05) is 12.0 Å². The predicted octanol–water partition coefficient (Wildman–Crippen LogP) is 1.43. The van der Waals surface area contributed by atoms with Crippen molar-refractivity contribution in [3.63, 3.8) is 0 Å². The molecule has 0 bridgehead atoms. The molecule has 86 valence electrons. The van der Waals surface area contributed by atoms with Crippen LogP contribution < -0.4 is 10.6 Å². The molecule has 1 aliphatic carbocycles. The van der Waals surface area contributed by atoms with Gasteiger partial charge in [-0.15, -0.1) is 0 Å². The van der Waals surface area contributed by atoms with Gasteiger partial charge in [-0.05, 0) is 38.8 Å². The monoisotopic (exact) mass is 210 g/mol. The van der Waals surface area contributed by atoms with E-state index in [2.05, 4.69) is 17.6 Å². The average molecular weight is 210 g/mol. The van der Waals surface area contributed by atoms with Crippen LogP contribution in [-0.2, 0) is 4.79 Å². The quantitative estimate of drug-likeness (QED) is 0.740. The molecule has 15 heavy (non-hydrogen) atoms. The van der Waals surface area contributed by atoms with Gasteiger partial charge in [-0.2, -0.15) is 0 Å². The summed E-state index contributed by atoms with van der Waals surface area (Å²) in [6.45, 7) is 4.23. The first-order valence-electron chi connectivity index (χ1n) is 6.20. The van der Waals surface area contributed by atoms with Crippen molar-refractivity contribution >= 4 is 5.91 Å². The molecule has 1 amide bonds. The standard InChI is InChI=1S/C12H22N2O/c1-12(5-3-2-4-6-12)14-11(15)7-10-8-13-9-10/h10,13H,2-9H2,1H3,(H,14,15). The second-order valence-corrected chi connectivity index (χ2v) is 5.40. The van der Waals surface area contributed by atoms with E-state index in [1.807, 2.05) is 0 Å². The summed E-state index contributed by atoms with van der Waals surface area (Å²) in [5.74, 6) is 0.836. The first kappa shape index (κ1) is 10.9. The van der Waals surface area contributed by atoms with Crippen LogP contribution in [0.3, 0.4) is 0 Å². The topological polar surface area (TPSA) is 41.1 Å². The smallest absolute Gasteiger partial charge is 0.220 e. The SMILES string of the molecule is CC1(NC(=O)CC2CNC2)CCCCC1. The number of carbonyl (C=O) groups excluding carboxylic acids is 1. The minimum atomic E-state index is 0.0898. The molecule has 1 saturated heterocycles. The van der Waals surface area contributed by atoms with Crippen LogP contribution >= 0.6 is 0 Å². The van der Waals surface area contributed by atoms with Gasteiger partial charge in [-0.1, -0.05) is 19.3 Å².